The number of pyridine rings is 1. The van der Waals surface area contributed by atoms with E-state index < -0.39 is 0 Å². The fourth-order valence-corrected chi connectivity index (χ4v) is 2.27. The highest BCUT2D eigenvalue weighted by molar-refractivity contribution is 6.07. The van der Waals surface area contributed by atoms with Gasteiger partial charge in [-0.15, -0.1) is 0 Å². The number of nitrogens with zero attached hydrogens (tertiary/aromatic N) is 3. The van der Waals surface area contributed by atoms with E-state index in [-0.39, 0.29) is 11.6 Å². The van der Waals surface area contributed by atoms with Gasteiger partial charge in [-0.3, -0.25) is 9.78 Å². The number of fused-ring (bicyclic) bond motifs is 1. The number of anilines is 2. The van der Waals surface area contributed by atoms with Crippen LogP contribution in [0.2, 0.25) is 0 Å². The molecule has 0 saturated heterocycles. The summed E-state index contributed by atoms with van der Waals surface area (Å²) in [4.78, 5) is 25.1. The second-order valence-corrected chi connectivity index (χ2v) is 5.58. The third-order valence-corrected chi connectivity index (χ3v) is 3.77. The van der Waals surface area contributed by atoms with E-state index in [0.717, 1.165) is 17.3 Å². The van der Waals surface area contributed by atoms with Gasteiger partial charge in [0.2, 0.25) is 0 Å². The minimum absolute atomic E-state index is 0.262. The first-order chi connectivity index (χ1) is 11.7. The Bertz CT molecular complexity index is 842. The summed E-state index contributed by atoms with van der Waals surface area (Å²) < 4.78 is 0. The van der Waals surface area contributed by atoms with E-state index in [1.165, 1.54) is 6.20 Å². The molecule has 1 amide bonds. The minimum atomic E-state index is -0.309. The number of benzene rings is 1. The standard InChI is InChI=1S/C18H19N5O/c1-3-12(2)22-16-11-20-15(10-21-16)18(24)23-14-8-4-6-13-7-5-9-19-17(13)14/h4-12H,3H2,1-2H3,(H,21,22)(H,23,24). The van der Waals surface area contributed by atoms with Crippen molar-refractivity contribution in [2.24, 2.45) is 0 Å². The van der Waals surface area contributed by atoms with Crippen LogP contribution < -0.4 is 10.6 Å². The maximum atomic E-state index is 12.4. The minimum Gasteiger partial charge on any atom is -0.366 e. The number of hydrogen-bond donors (Lipinski definition) is 2. The van der Waals surface area contributed by atoms with Crippen LogP contribution >= 0.6 is 0 Å². The zero-order valence-corrected chi connectivity index (χ0v) is 13.7. The lowest BCUT2D eigenvalue weighted by molar-refractivity contribution is 0.102. The SMILES string of the molecule is CCC(C)Nc1cnc(C(=O)Nc2cccc3cccnc23)cn1. The maximum Gasteiger partial charge on any atom is 0.275 e. The molecule has 0 aliphatic carbocycles. The Labute approximate surface area is 140 Å². The zero-order chi connectivity index (χ0) is 16.9. The van der Waals surface area contributed by atoms with Gasteiger partial charge < -0.3 is 10.6 Å². The van der Waals surface area contributed by atoms with Crippen molar-refractivity contribution in [3.8, 4) is 0 Å². The Morgan fingerprint density at radius 1 is 1.12 bits per heavy atom. The monoisotopic (exact) mass is 321 g/mol. The molecule has 0 radical (unpaired) electrons. The van der Waals surface area contributed by atoms with E-state index in [2.05, 4.69) is 39.4 Å². The lowest BCUT2D eigenvalue weighted by atomic mass is 10.2. The molecular weight excluding hydrogens is 302 g/mol. The quantitative estimate of drug-likeness (QED) is 0.752. The Hall–Kier alpha value is -3.02. The summed E-state index contributed by atoms with van der Waals surface area (Å²) in [6.07, 6.45) is 5.73. The fraction of sp³-hybridized carbons (Fsp3) is 0.222. The average Bonchev–Trinajstić information content (AvgIpc) is 2.62. The number of rotatable bonds is 5. The Morgan fingerprint density at radius 2 is 1.96 bits per heavy atom. The van der Waals surface area contributed by atoms with Crippen LogP contribution in [0.3, 0.4) is 0 Å². The van der Waals surface area contributed by atoms with E-state index in [1.54, 1.807) is 12.4 Å². The van der Waals surface area contributed by atoms with Crippen LogP contribution in [0.25, 0.3) is 10.9 Å². The molecule has 3 aromatic rings. The number of carbonyl (C=O) groups is 1. The smallest absolute Gasteiger partial charge is 0.275 e. The topological polar surface area (TPSA) is 79.8 Å². The van der Waals surface area contributed by atoms with E-state index in [4.69, 9.17) is 0 Å². The first-order valence-corrected chi connectivity index (χ1v) is 7.91. The highest BCUT2D eigenvalue weighted by Crippen LogP contribution is 2.21. The second kappa shape index (κ2) is 7.04. The van der Waals surface area contributed by atoms with Crippen molar-refractivity contribution in [1.82, 2.24) is 15.0 Å². The van der Waals surface area contributed by atoms with Crippen molar-refractivity contribution >= 4 is 28.3 Å². The number of carbonyl (C=O) groups excluding carboxylic acids is 1. The predicted octanol–water partition coefficient (Wildman–Crippen LogP) is 3.49. The lowest BCUT2D eigenvalue weighted by Crippen LogP contribution is -2.17. The summed E-state index contributed by atoms with van der Waals surface area (Å²) >= 11 is 0. The van der Waals surface area contributed by atoms with Gasteiger partial charge >= 0.3 is 0 Å². The maximum absolute atomic E-state index is 12.4. The van der Waals surface area contributed by atoms with Gasteiger partial charge in [0.1, 0.15) is 11.5 Å². The van der Waals surface area contributed by atoms with Crippen LogP contribution in [0.5, 0.6) is 0 Å². The predicted molar refractivity (Wildman–Crippen MR) is 95.1 cm³/mol. The summed E-state index contributed by atoms with van der Waals surface area (Å²) in [6.45, 7) is 4.15. The molecule has 0 aliphatic rings. The molecule has 0 fully saturated rings. The molecule has 1 atom stereocenters. The number of amides is 1. The largest absolute Gasteiger partial charge is 0.366 e. The van der Waals surface area contributed by atoms with Crippen LogP contribution in [0, 0.1) is 0 Å². The normalized spacial score (nSPS) is 11.9. The van der Waals surface area contributed by atoms with Gasteiger partial charge in [0.25, 0.3) is 5.91 Å². The van der Waals surface area contributed by atoms with Crippen molar-refractivity contribution in [2.75, 3.05) is 10.6 Å². The average molecular weight is 321 g/mol. The zero-order valence-electron chi connectivity index (χ0n) is 13.7. The van der Waals surface area contributed by atoms with E-state index in [9.17, 15) is 4.79 Å². The van der Waals surface area contributed by atoms with Crippen molar-refractivity contribution in [3.05, 3.63) is 54.6 Å². The number of nitrogens with one attached hydrogen (secondary N) is 2. The van der Waals surface area contributed by atoms with Gasteiger partial charge in [0.15, 0.2) is 0 Å². The summed E-state index contributed by atoms with van der Waals surface area (Å²) in [5.41, 5.74) is 1.66. The van der Waals surface area contributed by atoms with Crippen molar-refractivity contribution in [2.45, 2.75) is 26.3 Å². The molecule has 2 N–H and O–H groups in total. The molecule has 24 heavy (non-hydrogen) atoms. The summed E-state index contributed by atoms with van der Waals surface area (Å²) in [5, 5.41) is 7.03. The van der Waals surface area contributed by atoms with E-state index in [1.807, 2.05) is 30.3 Å². The highest BCUT2D eigenvalue weighted by Gasteiger charge is 2.11. The van der Waals surface area contributed by atoms with Crippen LogP contribution in [0.15, 0.2) is 48.9 Å². The van der Waals surface area contributed by atoms with Crippen LogP contribution in [-0.4, -0.2) is 26.9 Å². The highest BCUT2D eigenvalue weighted by atomic mass is 16.1. The van der Waals surface area contributed by atoms with Gasteiger partial charge in [0.05, 0.1) is 23.6 Å². The number of aromatic nitrogens is 3. The van der Waals surface area contributed by atoms with Gasteiger partial charge in [-0.2, -0.15) is 0 Å². The molecule has 0 saturated carbocycles. The Kier molecular flexibility index (Phi) is 4.65. The molecule has 6 nitrogen and oxygen atoms in total. The van der Waals surface area contributed by atoms with Crippen LogP contribution in [0.4, 0.5) is 11.5 Å². The molecule has 6 heteroatoms. The molecule has 1 unspecified atom stereocenters. The first kappa shape index (κ1) is 15.9. The van der Waals surface area contributed by atoms with Crippen LogP contribution in [0.1, 0.15) is 30.8 Å². The van der Waals surface area contributed by atoms with Gasteiger partial charge in [-0.1, -0.05) is 25.1 Å². The molecule has 0 bridgehead atoms. The van der Waals surface area contributed by atoms with Gasteiger partial charge in [0, 0.05) is 17.6 Å². The van der Waals surface area contributed by atoms with Crippen molar-refractivity contribution < 1.29 is 4.79 Å². The molecule has 0 spiro atoms. The van der Waals surface area contributed by atoms with Crippen molar-refractivity contribution in [3.63, 3.8) is 0 Å². The van der Waals surface area contributed by atoms with E-state index >= 15 is 0 Å². The molecule has 1 aromatic carbocycles. The third kappa shape index (κ3) is 3.48. The molecule has 122 valence electrons. The molecule has 2 heterocycles. The summed E-state index contributed by atoms with van der Waals surface area (Å²) in [7, 11) is 0. The van der Waals surface area contributed by atoms with E-state index in [0.29, 0.717) is 17.5 Å². The van der Waals surface area contributed by atoms with Crippen molar-refractivity contribution in [1.29, 1.82) is 0 Å². The van der Waals surface area contributed by atoms with Gasteiger partial charge in [-0.05, 0) is 25.5 Å². The summed E-state index contributed by atoms with van der Waals surface area (Å²) in [6, 6.07) is 9.77. The first-order valence-electron chi connectivity index (χ1n) is 7.91. The molecular formula is C18H19N5O. The third-order valence-electron chi connectivity index (χ3n) is 3.77. The fourth-order valence-electron chi connectivity index (χ4n) is 2.27. The lowest BCUT2D eigenvalue weighted by Gasteiger charge is -2.12. The van der Waals surface area contributed by atoms with Crippen LogP contribution in [-0.2, 0) is 0 Å². The molecule has 0 aliphatic heterocycles. The molecule has 2 aromatic heterocycles. The Balaban J connectivity index is 1.77. The Morgan fingerprint density at radius 3 is 2.71 bits per heavy atom. The number of hydrogen-bond acceptors (Lipinski definition) is 5. The second-order valence-electron chi connectivity index (χ2n) is 5.58. The molecule has 3 rings (SSSR count). The van der Waals surface area contributed by atoms with Gasteiger partial charge in [-0.25, -0.2) is 9.97 Å². The number of para-hydroxylation sites is 1. The summed E-state index contributed by atoms with van der Waals surface area (Å²) in [5.74, 6) is 0.350.